The van der Waals surface area contributed by atoms with Crippen molar-refractivity contribution >= 4 is 16.9 Å². The third kappa shape index (κ3) is 3.17. The maximum absolute atomic E-state index is 13.1. The molecule has 2 nitrogen and oxygen atoms in total. The van der Waals surface area contributed by atoms with Gasteiger partial charge >= 0.3 is 0 Å². The van der Waals surface area contributed by atoms with Crippen LogP contribution in [0.4, 0.5) is 4.39 Å². The second-order valence-corrected chi connectivity index (χ2v) is 7.11. The van der Waals surface area contributed by atoms with Crippen LogP contribution in [0.3, 0.4) is 0 Å². The Hall–Kier alpha value is -1.03. The summed E-state index contributed by atoms with van der Waals surface area (Å²) in [4.78, 5) is 4.61. The number of nitrogens with one attached hydrogen (secondary N) is 1. The zero-order chi connectivity index (χ0) is 14.0. The monoisotopic (exact) mass is 292 g/mol. The molecule has 2 aliphatic rings. The molecule has 20 heavy (non-hydrogen) atoms. The van der Waals surface area contributed by atoms with Crippen LogP contribution >= 0.6 is 11.8 Å². The molecule has 0 radical (unpaired) electrons. The van der Waals surface area contributed by atoms with Gasteiger partial charge in [0.1, 0.15) is 5.82 Å². The molecule has 2 unspecified atom stereocenters. The highest BCUT2D eigenvalue weighted by Crippen LogP contribution is 2.38. The summed E-state index contributed by atoms with van der Waals surface area (Å²) >= 11 is 1.82. The van der Waals surface area contributed by atoms with Crippen molar-refractivity contribution in [3.05, 3.63) is 35.6 Å². The van der Waals surface area contributed by atoms with Crippen LogP contribution in [-0.2, 0) is 6.54 Å². The molecule has 1 heterocycles. The van der Waals surface area contributed by atoms with Crippen LogP contribution in [0.15, 0.2) is 29.3 Å². The van der Waals surface area contributed by atoms with Crippen molar-refractivity contribution < 1.29 is 4.39 Å². The zero-order valence-corrected chi connectivity index (χ0v) is 12.7. The molecule has 1 saturated heterocycles. The molecule has 0 amide bonds. The molecule has 2 atom stereocenters. The van der Waals surface area contributed by atoms with Gasteiger partial charge in [-0.25, -0.2) is 4.39 Å². The number of halogens is 1. The van der Waals surface area contributed by atoms with E-state index in [9.17, 15) is 4.39 Å². The van der Waals surface area contributed by atoms with Crippen molar-refractivity contribution in [2.75, 3.05) is 5.75 Å². The molecule has 1 aliphatic carbocycles. The van der Waals surface area contributed by atoms with Gasteiger partial charge < -0.3 is 5.32 Å². The molecule has 1 aromatic rings. The van der Waals surface area contributed by atoms with E-state index in [0.29, 0.717) is 6.54 Å². The van der Waals surface area contributed by atoms with Crippen LogP contribution in [0.1, 0.15) is 38.2 Å². The minimum Gasteiger partial charge on any atom is -0.359 e. The molecule has 2 fully saturated rings. The minimum absolute atomic E-state index is 0.188. The van der Waals surface area contributed by atoms with E-state index in [2.05, 4.69) is 17.2 Å². The summed E-state index contributed by atoms with van der Waals surface area (Å²) in [7, 11) is 0. The molecular formula is C16H21FN2S. The van der Waals surface area contributed by atoms with E-state index in [1.165, 1.54) is 31.7 Å². The second kappa shape index (κ2) is 5.76. The summed E-state index contributed by atoms with van der Waals surface area (Å²) in [5.41, 5.74) is 1.20. The Morgan fingerprint density at radius 2 is 2.40 bits per heavy atom. The van der Waals surface area contributed by atoms with E-state index in [0.717, 1.165) is 22.4 Å². The highest BCUT2D eigenvalue weighted by molar-refractivity contribution is 8.14. The lowest BCUT2D eigenvalue weighted by Gasteiger charge is -2.36. The first kappa shape index (κ1) is 13.9. The quantitative estimate of drug-likeness (QED) is 0.892. The van der Waals surface area contributed by atoms with Crippen molar-refractivity contribution in [1.29, 1.82) is 0 Å². The molecule has 1 aliphatic heterocycles. The van der Waals surface area contributed by atoms with Crippen molar-refractivity contribution in [3.8, 4) is 0 Å². The van der Waals surface area contributed by atoms with Crippen LogP contribution in [-0.4, -0.2) is 16.5 Å². The van der Waals surface area contributed by atoms with Crippen molar-refractivity contribution in [2.45, 2.75) is 44.7 Å². The van der Waals surface area contributed by atoms with Gasteiger partial charge in [-0.2, -0.15) is 0 Å². The Balaban J connectivity index is 1.63. The van der Waals surface area contributed by atoms with Crippen LogP contribution in [0, 0.1) is 11.7 Å². The van der Waals surface area contributed by atoms with E-state index in [-0.39, 0.29) is 11.4 Å². The first-order valence-corrected chi connectivity index (χ1v) is 8.34. The number of benzene rings is 1. The summed E-state index contributed by atoms with van der Waals surface area (Å²) in [5, 5.41) is 4.67. The Morgan fingerprint density at radius 1 is 1.50 bits per heavy atom. The molecule has 3 rings (SSSR count). The first-order chi connectivity index (χ1) is 9.65. The summed E-state index contributed by atoms with van der Waals surface area (Å²) in [6.07, 6.45) is 5.16. The van der Waals surface area contributed by atoms with Gasteiger partial charge in [0, 0.05) is 11.3 Å². The number of nitrogens with zero attached hydrogens (tertiary/aromatic N) is 1. The molecule has 1 N–H and O–H groups in total. The fourth-order valence-corrected chi connectivity index (χ4v) is 4.49. The predicted octanol–water partition coefficient (Wildman–Crippen LogP) is 3.97. The van der Waals surface area contributed by atoms with Gasteiger partial charge in [0.05, 0.1) is 6.54 Å². The lowest BCUT2D eigenvalue weighted by atomic mass is 9.78. The fraction of sp³-hybridized carbons (Fsp3) is 0.562. The van der Waals surface area contributed by atoms with E-state index in [1.54, 1.807) is 12.1 Å². The van der Waals surface area contributed by atoms with Crippen LogP contribution in [0.5, 0.6) is 0 Å². The van der Waals surface area contributed by atoms with E-state index in [4.69, 9.17) is 0 Å². The first-order valence-electron chi connectivity index (χ1n) is 7.35. The third-order valence-corrected chi connectivity index (χ3v) is 5.44. The number of hydrogen-bond donors (Lipinski definition) is 1. The molecule has 108 valence electrons. The van der Waals surface area contributed by atoms with Gasteiger partial charge in [0.2, 0.25) is 0 Å². The second-order valence-electron chi connectivity index (χ2n) is 6.15. The van der Waals surface area contributed by atoms with E-state index < -0.39 is 0 Å². The predicted molar refractivity (Wildman–Crippen MR) is 83.5 cm³/mol. The Bertz CT molecular complexity index is 517. The van der Waals surface area contributed by atoms with Gasteiger partial charge in [-0.15, -0.1) is 0 Å². The van der Waals surface area contributed by atoms with E-state index in [1.807, 2.05) is 17.8 Å². The SMILES string of the molecule is CC1CCCC2(CSC(=NCc3cccc(F)c3)N2)C1. The van der Waals surface area contributed by atoms with Crippen LogP contribution in [0.2, 0.25) is 0 Å². The average molecular weight is 292 g/mol. The smallest absolute Gasteiger partial charge is 0.157 e. The van der Waals surface area contributed by atoms with Crippen molar-refractivity contribution in [2.24, 2.45) is 10.9 Å². The number of hydrogen-bond acceptors (Lipinski definition) is 2. The largest absolute Gasteiger partial charge is 0.359 e. The Kier molecular flexibility index (Phi) is 4.01. The maximum Gasteiger partial charge on any atom is 0.157 e. The van der Waals surface area contributed by atoms with Gasteiger partial charge in [-0.1, -0.05) is 43.7 Å². The van der Waals surface area contributed by atoms with Crippen LogP contribution in [0.25, 0.3) is 0 Å². The maximum atomic E-state index is 13.1. The number of thioether (sulfide) groups is 1. The fourth-order valence-electron chi connectivity index (χ4n) is 3.29. The van der Waals surface area contributed by atoms with Crippen molar-refractivity contribution in [3.63, 3.8) is 0 Å². The van der Waals surface area contributed by atoms with Gasteiger partial charge in [-0.05, 0) is 36.5 Å². The topological polar surface area (TPSA) is 24.4 Å². The molecule has 0 aromatic heterocycles. The number of rotatable bonds is 2. The normalized spacial score (nSPS) is 31.7. The Labute approximate surface area is 124 Å². The van der Waals surface area contributed by atoms with Gasteiger partial charge in [-0.3, -0.25) is 4.99 Å². The van der Waals surface area contributed by atoms with E-state index >= 15 is 0 Å². The van der Waals surface area contributed by atoms with Crippen molar-refractivity contribution in [1.82, 2.24) is 5.32 Å². The highest BCUT2D eigenvalue weighted by Gasteiger charge is 2.40. The summed E-state index contributed by atoms with van der Waals surface area (Å²) in [6, 6.07) is 6.69. The highest BCUT2D eigenvalue weighted by atomic mass is 32.2. The van der Waals surface area contributed by atoms with Crippen LogP contribution < -0.4 is 5.32 Å². The molecule has 0 bridgehead atoms. The molecule has 1 spiro atoms. The summed E-state index contributed by atoms with van der Waals surface area (Å²) < 4.78 is 13.1. The number of amidine groups is 1. The number of aliphatic imine (C=N–C) groups is 1. The minimum atomic E-state index is -0.188. The lowest BCUT2D eigenvalue weighted by Crippen LogP contribution is -2.47. The molecular weight excluding hydrogens is 271 g/mol. The third-order valence-electron chi connectivity index (χ3n) is 4.24. The summed E-state index contributed by atoms with van der Waals surface area (Å²) in [5.74, 6) is 1.74. The van der Waals surface area contributed by atoms with Gasteiger partial charge in [0.25, 0.3) is 0 Å². The standard InChI is InChI=1S/C16H21FN2S/c1-12-4-3-7-16(9-12)11-20-15(19-16)18-10-13-5-2-6-14(17)8-13/h2,5-6,8,12H,3-4,7,9-11H2,1H3,(H,18,19). The lowest BCUT2D eigenvalue weighted by molar-refractivity contribution is 0.242. The molecule has 1 aromatic carbocycles. The average Bonchev–Trinajstić information content (AvgIpc) is 2.79. The zero-order valence-electron chi connectivity index (χ0n) is 11.9. The van der Waals surface area contributed by atoms with Gasteiger partial charge in [0.15, 0.2) is 5.17 Å². The summed E-state index contributed by atoms with van der Waals surface area (Å²) in [6.45, 7) is 2.90. The Morgan fingerprint density at radius 3 is 3.20 bits per heavy atom. The molecule has 4 heteroatoms. The molecule has 1 saturated carbocycles.